The SMILES string of the molecule is Cc1cc(CN)c(O)c(CN2CCCN(Cc3cc(C)cc(CN)c3O)CCCN(Cc3cc(C)cc(CN)c3O)CCC2)c1. The summed E-state index contributed by atoms with van der Waals surface area (Å²) in [6, 6.07) is 12.1. The second-order valence-corrected chi connectivity index (χ2v) is 12.8. The third kappa shape index (κ3) is 9.42. The van der Waals surface area contributed by atoms with Gasteiger partial charge in [-0.1, -0.05) is 53.1 Å². The van der Waals surface area contributed by atoms with E-state index in [-0.39, 0.29) is 0 Å². The van der Waals surface area contributed by atoms with Crippen molar-refractivity contribution < 1.29 is 15.3 Å². The molecule has 1 aliphatic rings. The van der Waals surface area contributed by atoms with E-state index in [4.69, 9.17) is 17.2 Å². The Morgan fingerprint density at radius 1 is 0.444 bits per heavy atom. The van der Waals surface area contributed by atoms with Crippen LogP contribution in [0.1, 0.15) is 69.3 Å². The number of hydrogen-bond acceptors (Lipinski definition) is 9. The molecule has 0 bridgehead atoms. The normalized spacial score (nSPS) is 16.4. The monoisotopic (exact) mass is 618 g/mol. The van der Waals surface area contributed by atoms with Crippen molar-refractivity contribution >= 4 is 0 Å². The highest BCUT2D eigenvalue weighted by molar-refractivity contribution is 5.45. The summed E-state index contributed by atoms with van der Waals surface area (Å²) in [6.45, 7) is 14.3. The van der Waals surface area contributed by atoms with Gasteiger partial charge in [0.05, 0.1) is 0 Å². The van der Waals surface area contributed by atoms with E-state index in [2.05, 4.69) is 32.9 Å². The van der Waals surface area contributed by atoms with E-state index in [9.17, 15) is 15.3 Å². The molecule has 9 heteroatoms. The molecule has 4 rings (SSSR count). The van der Waals surface area contributed by atoms with Crippen LogP contribution < -0.4 is 17.2 Å². The van der Waals surface area contributed by atoms with E-state index in [1.54, 1.807) is 0 Å². The molecule has 246 valence electrons. The average Bonchev–Trinajstić information content (AvgIpc) is 3.00. The quantitative estimate of drug-likeness (QED) is 0.209. The van der Waals surface area contributed by atoms with Crippen molar-refractivity contribution in [3.63, 3.8) is 0 Å². The molecule has 0 spiro atoms. The summed E-state index contributed by atoms with van der Waals surface area (Å²) in [5.41, 5.74) is 26.2. The van der Waals surface area contributed by atoms with Crippen LogP contribution in [0, 0.1) is 20.8 Å². The van der Waals surface area contributed by atoms with Gasteiger partial charge in [-0.05, 0) is 79.3 Å². The second-order valence-electron chi connectivity index (χ2n) is 12.8. The highest BCUT2D eigenvalue weighted by Crippen LogP contribution is 2.29. The number of phenols is 3. The van der Waals surface area contributed by atoms with Crippen molar-refractivity contribution in [2.75, 3.05) is 39.3 Å². The van der Waals surface area contributed by atoms with Crippen LogP contribution in [-0.2, 0) is 39.3 Å². The van der Waals surface area contributed by atoms with Crippen LogP contribution in [0.2, 0.25) is 0 Å². The molecule has 1 saturated heterocycles. The number of nitrogens with zero attached hydrogens (tertiary/aromatic N) is 3. The molecule has 1 heterocycles. The minimum Gasteiger partial charge on any atom is -0.507 e. The molecule has 0 saturated carbocycles. The van der Waals surface area contributed by atoms with Crippen LogP contribution in [0.4, 0.5) is 0 Å². The zero-order chi connectivity index (χ0) is 32.5. The molecule has 45 heavy (non-hydrogen) atoms. The smallest absolute Gasteiger partial charge is 0.124 e. The summed E-state index contributed by atoms with van der Waals surface area (Å²) < 4.78 is 0. The third-order valence-corrected chi connectivity index (χ3v) is 8.92. The van der Waals surface area contributed by atoms with E-state index in [1.807, 2.05) is 39.0 Å². The molecular formula is C36H54N6O3. The fourth-order valence-electron chi connectivity index (χ4n) is 6.72. The first-order chi connectivity index (χ1) is 21.6. The standard InChI is InChI=1S/C36H54N6O3/c1-25-13-28(19-37)34(43)31(16-25)22-40-7-4-9-41(23-32-17-26(2)14-29(20-38)35(32)44)11-6-12-42(10-5-8-40)24-33-18-27(3)15-30(21-39)36(33)45/h13-18,43-45H,4-12,19-24,37-39H2,1-3H3. The first kappa shape index (κ1) is 34.7. The van der Waals surface area contributed by atoms with Gasteiger partial charge in [-0.2, -0.15) is 0 Å². The Balaban J connectivity index is 1.57. The molecule has 3 aromatic carbocycles. The van der Waals surface area contributed by atoms with Crippen molar-refractivity contribution in [2.24, 2.45) is 17.2 Å². The maximum atomic E-state index is 11.0. The highest BCUT2D eigenvalue weighted by atomic mass is 16.3. The summed E-state index contributed by atoms with van der Waals surface area (Å²) in [7, 11) is 0. The van der Waals surface area contributed by atoms with Crippen molar-refractivity contribution in [3.05, 3.63) is 86.5 Å². The van der Waals surface area contributed by atoms with E-state index < -0.39 is 0 Å². The summed E-state index contributed by atoms with van der Waals surface area (Å²) in [5, 5.41) is 32.9. The molecule has 0 atom stereocenters. The van der Waals surface area contributed by atoms with E-state index in [1.165, 1.54) is 0 Å². The van der Waals surface area contributed by atoms with Gasteiger partial charge in [-0.3, -0.25) is 14.7 Å². The molecule has 1 aliphatic heterocycles. The number of aryl methyl sites for hydroxylation is 3. The van der Waals surface area contributed by atoms with Gasteiger partial charge in [-0.25, -0.2) is 0 Å². The number of hydrogen-bond donors (Lipinski definition) is 6. The average molecular weight is 619 g/mol. The van der Waals surface area contributed by atoms with Crippen LogP contribution in [0.3, 0.4) is 0 Å². The van der Waals surface area contributed by atoms with E-state index >= 15 is 0 Å². The first-order valence-corrected chi connectivity index (χ1v) is 16.3. The summed E-state index contributed by atoms with van der Waals surface area (Å²) in [5.74, 6) is 0.899. The molecule has 0 aromatic heterocycles. The zero-order valence-corrected chi connectivity index (χ0v) is 27.5. The minimum absolute atomic E-state index is 0.300. The Morgan fingerprint density at radius 3 is 0.889 bits per heavy atom. The lowest BCUT2D eigenvalue weighted by Crippen LogP contribution is -2.36. The van der Waals surface area contributed by atoms with Crippen LogP contribution in [0.25, 0.3) is 0 Å². The second kappa shape index (κ2) is 16.4. The summed E-state index contributed by atoms with van der Waals surface area (Å²) >= 11 is 0. The predicted octanol–water partition coefficient (Wildman–Crippen LogP) is 4.10. The van der Waals surface area contributed by atoms with Crippen molar-refractivity contribution in [2.45, 2.75) is 79.3 Å². The molecule has 0 radical (unpaired) electrons. The highest BCUT2D eigenvalue weighted by Gasteiger charge is 2.19. The van der Waals surface area contributed by atoms with Gasteiger partial charge in [-0.15, -0.1) is 0 Å². The van der Waals surface area contributed by atoms with E-state index in [0.29, 0.717) is 56.5 Å². The predicted molar refractivity (Wildman–Crippen MR) is 182 cm³/mol. The minimum atomic E-state index is 0.300. The largest absolute Gasteiger partial charge is 0.507 e. The maximum Gasteiger partial charge on any atom is 0.124 e. The Morgan fingerprint density at radius 2 is 0.667 bits per heavy atom. The van der Waals surface area contributed by atoms with Gasteiger partial charge >= 0.3 is 0 Å². The maximum absolute atomic E-state index is 11.0. The molecule has 9 N–H and O–H groups in total. The number of aromatic hydroxyl groups is 3. The zero-order valence-electron chi connectivity index (χ0n) is 27.5. The molecule has 3 aromatic rings. The van der Waals surface area contributed by atoms with Gasteiger partial charge in [0.1, 0.15) is 17.2 Å². The summed E-state index contributed by atoms with van der Waals surface area (Å²) in [6.07, 6.45) is 2.90. The van der Waals surface area contributed by atoms with Crippen LogP contribution in [0.15, 0.2) is 36.4 Å². The van der Waals surface area contributed by atoms with Crippen LogP contribution >= 0.6 is 0 Å². The van der Waals surface area contributed by atoms with E-state index in [0.717, 1.165) is 109 Å². The first-order valence-electron chi connectivity index (χ1n) is 16.3. The molecule has 1 fully saturated rings. The Labute approximate surface area is 269 Å². The Hall–Kier alpha value is -3.18. The number of rotatable bonds is 9. The fourth-order valence-corrected chi connectivity index (χ4v) is 6.72. The molecule has 9 nitrogen and oxygen atoms in total. The Bertz CT molecular complexity index is 1250. The third-order valence-electron chi connectivity index (χ3n) is 8.92. The molecule has 0 amide bonds. The van der Waals surface area contributed by atoms with Gasteiger partial charge < -0.3 is 32.5 Å². The van der Waals surface area contributed by atoms with Gasteiger partial charge in [0.25, 0.3) is 0 Å². The molecule has 0 aliphatic carbocycles. The molecule has 0 unspecified atom stereocenters. The fraction of sp³-hybridized carbons (Fsp3) is 0.500. The lowest BCUT2D eigenvalue weighted by Gasteiger charge is -2.31. The van der Waals surface area contributed by atoms with Gasteiger partial charge in [0.2, 0.25) is 0 Å². The van der Waals surface area contributed by atoms with Gasteiger partial charge in [0, 0.05) is 72.6 Å². The topological polar surface area (TPSA) is 148 Å². The van der Waals surface area contributed by atoms with Crippen molar-refractivity contribution in [1.29, 1.82) is 0 Å². The lowest BCUT2D eigenvalue weighted by atomic mass is 10.0. The number of benzene rings is 3. The lowest BCUT2D eigenvalue weighted by molar-refractivity contribution is 0.170. The van der Waals surface area contributed by atoms with Crippen molar-refractivity contribution in [3.8, 4) is 17.2 Å². The van der Waals surface area contributed by atoms with Crippen LogP contribution in [0.5, 0.6) is 17.2 Å². The molecular weight excluding hydrogens is 564 g/mol. The number of phenolic OH excluding ortho intramolecular Hbond substituents is 3. The Kier molecular flexibility index (Phi) is 12.6. The van der Waals surface area contributed by atoms with Crippen LogP contribution in [-0.4, -0.2) is 69.3 Å². The van der Waals surface area contributed by atoms with Crippen molar-refractivity contribution in [1.82, 2.24) is 14.7 Å². The summed E-state index contributed by atoms with van der Waals surface area (Å²) in [4.78, 5) is 7.29. The van der Waals surface area contributed by atoms with Gasteiger partial charge in [0.15, 0.2) is 0 Å². The number of nitrogens with two attached hydrogens (primary N) is 3.